The Balaban J connectivity index is 2.07. The van der Waals surface area contributed by atoms with Crippen molar-refractivity contribution < 1.29 is 8.42 Å². The van der Waals surface area contributed by atoms with Crippen molar-refractivity contribution in [1.82, 2.24) is 9.55 Å². The molecule has 0 saturated carbocycles. The van der Waals surface area contributed by atoms with Gasteiger partial charge in [-0.05, 0) is 25.1 Å². The number of imidazole rings is 1. The Bertz CT molecular complexity index is 728. The molecule has 0 atom stereocenters. The molecule has 0 saturated heterocycles. The van der Waals surface area contributed by atoms with Crippen molar-refractivity contribution in [2.75, 3.05) is 16.3 Å². The monoisotopic (exact) mass is 328 g/mol. The van der Waals surface area contributed by atoms with E-state index in [2.05, 4.69) is 15.0 Å². The van der Waals surface area contributed by atoms with Crippen LogP contribution >= 0.6 is 11.6 Å². The fourth-order valence-corrected chi connectivity index (χ4v) is 2.75. The third-order valence-electron chi connectivity index (χ3n) is 2.86. The van der Waals surface area contributed by atoms with Gasteiger partial charge < -0.3 is 9.88 Å². The molecule has 2 N–H and O–H groups in total. The summed E-state index contributed by atoms with van der Waals surface area (Å²) in [5.41, 5.74) is 1.16. The van der Waals surface area contributed by atoms with E-state index in [0.717, 1.165) is 24.3 Å². The van der Waals surface area contributed by atoms with Gasteiger partial charge >= 0.3 is 0 Å². The van der Waals surface area contributed by atoms with Gasteiger partial charge in [0.1, 0.15) is 5.82 Å². The van der Waals surface area contributed by atoms with Gasteiger partial charge in [-0.25, -0.2) is 13.4 Å². The molecule has 8 heteroatoms. The summed E-state index contributed by atoms with van der Waals surface area (Å²) < 4.78 is 26.8. The van der Waals surface area contributed by atoms with Crippen molar-refractivity contribution in [3.05, 3.63) is 41.4 Å². The first kappa shape index (κ1) is 15.7. The molecule has 2 rings (SSSR count). The lowest BCUT2D eigenvalue weighted by Gasteiger charge is -2.11. The first-order valence-corrected chi connectivity index (χ1v) is 8.67. The Morgan fingerprint density at radius 3 is 2.76 bits per heavy atom. The summed E-state index contributed by atoms with van der Waals surface area (Å²) in [4.78, 5) is 4.27. The number of halogens is 1. The van der Waals surface area contributed by atoms with E-state index in [0.29, 0.717) is 17.3 Å². The highest BCUT2D eigenvalue weighted by molar-refractivity contribution is 7.92. The van der Waals surface area contributed by atoms with Crippen LogP contribution < -0.4 is 10.0 Å². The standard InChI is InChI=1S/C13H17ClN4O2S/c1-3-18-7-6-15-13(18)9-16-10-4-5-12(11(14)8-10)17-21(2,19)20/h4-8,16-17H,3,9H2,1-2H3. The van der Waals surface area contributed by atoms with Gasteiger partial charge in [0.25, 0.3) is 0 Å². The number of hydrogen-bond acceptors (Lipinski definition) is 4. The predicted octanol–water partition coefficient (Wildman–Crippen LogP) is 2.54. The van der Waals surface area contributed by atoms with Crippen LogP contribution in [0, 0.1) is 0 Å². The van der Waals surface area contributed by atoms with Crippen molar-refractivity contribution >= 4 is 33.0 Å². The third-order valence-corrected chi connectivity index (χ3v) is 3.76. The molecular weight excluding hydrogens is 312 g/mol. The van der Waals surface area contributed by atoms with Crippen LogP contribution in [0.2, 0.25) is 5.02 Å². The molecule has 0 bridgehead atoms. The molecule has 0 aliphatic carbocycles. The van der Waals surface area contributed by atoms with Gasteiger partial charge in [-0.15, -0.1) is 0 Å². The van der Waals surface area contributed by atoms with Crippen LogP contribution in [0.15, 0.2) is 30.6 Å². The SMILES string of the molecule is CCn1ccnc1CNc1ccc(NS(C)(=O)=O)c(Cl)c1. The van der Waals surface area contributed by atoms with Crippen LogP contribution in [-0.4, -0.2) is 24.2 Å². The smallest absolute Gasteiger partial charge is 0.229 e. The lowest BCUT2D eigenvalue weighted by Crippen LogP contribution is -2.10. The number of hydrogen-bond donors (Lipinski definition) is 2. The zero-order valence-corrected chi connectivity index (χ0v) is 13.4. The Labute approximate surface area is 129 Å². The number of aromatic nitrogens is 2. The molecule has 2 aromatic rings. The fraction of sp³-hybridized carbons (Fsp3) is 0.308. The zero-order chi connectivity index (χ0) is 15.5. The van der Waals surface area contributed by atoms with Crippen LogP contribution in [-0.2, 0) is 23.1 Å². The molecule has 1 heterocycles. The number of aryl methyl sites for hydroxylation is 1. The number of sulfonamides is 1. The average molecular weight is 329 g/mol. The van der Waals surface area contributed by atoms with Crippen molar-refractivity contribution in [3.63, 3.8) is 0 Å². The first-order chi connectivity index (χ1) is 9.89. The van der Waals surface area contributed by atoms with Gasteiger partial charge in [0, 0.05) is 24.6 Å². The first-order valence-electron chi connectivity index (χ1n) is 6.40. The molecule has 0 aliphatic rings. The van der Waals surface area contributed by atoms with E-state index in [1.807, 2.05) is 17.7 Å². The normalized spacial score (nSPS) is 11.4. The summed E-state index contributed by atoms with van der Waals surface area (Å²) >= 11 is 6.07. The van der Waals surface area contributed by atoms with Crippen molar-refractivity contribution in [2.45, 2.75) is 20.0 Å². The van der Waals surface area contributed by atoms with Crippen LogP contribution in [0.3, 0.4) is 0 Å². The van der Waals surface area contributed by atoms with Gasteiger partial charge in [-0.2, -0.15) is 0 Å². The minimum absolute atomic E-state index is 0.337. The molecular formula is C13H17ClN4O2S. The van der Waals surface area contributed by atoms with Gasteiger partial charge in [0.05, 0.1) is 23.5 Å². The highest BCUT2D eigenvalue weighted by atomic mass is 35.5. The lowest BCUT2D eigenvalue weighted by molar-refractivity contribution is 0.607. The highest BCUT2D eigenvalue weighted by Gasteiger charge is 2.07. The summed E-state index contributed by atoms with van der Waals surface area (Å²) in [6.45, 7) is 3.47. The lowest BCUT2D eigenvalue weighted by atomic mass is 10.3. The van der Waals surface area contributed by atoms with E-state index in [4.69, 9.17) is 11.6 Å². The summed E-state index contributed by atoms with van der Waals surface area (Å²) in [5, 5.41) is 3.54. The number of nitrogens with zero attached hydrogens (tertiary/aromatic N) is 2. The quantitative estimate of drug-likeness (QED) is 0.854. The molecule has 114 valence electrons. The van der Waals surface area contributed by atoms with Crippen LogP contribution in [0.5, 0.6) is 0 Å². The number of nitrogens with one attached hydrogen (secondary N) is 2. The molecule has 1 aromatic carbocycles. The highest BCUT2D eigenvalue weighted by Crippen LogP contribution is 2.26. The second-order valence-electron chi connectivity index (χ2n) is 4.55. The second kappa shape index (κ2) is 6.36. The van der Waals surface area contributed by atoms with E-state index in [-0.39, 0.29) is 0 Å². The summed E-state index contributed by atoms with van der Waals surface area (Å²) in [6, 6.07) is 5.06. The minimum atomic E-state index is -3.34. The van der Waals surface area contributed by atoms with Crippen molar-refractivity contribution in [1.29, 1.82) is 0 Å². The Hall–Kier alpha value is -1.73. The van der Waals surface area contributed by atoms with Gasteiger partial charge in [0.2, 0.25) is 10.0 Å². The van der Waals surface area contributed by atoms with Crippen LogP contribution in [0.4, 0.5) is 11.4 Å². The maximum Gasteiger partial charge on any atom is 0.229 e. The van der Waals surface area contributed by atoms with E-state index in [1.165, 1.54) is 0 Å². The third kappa shape index (κ3) is 4.37. The van der Waals surface area contributed by atoms with E-state index in [9.17, 15) is 8.42 Å². The molecule has 6 nitrogen and oxygen atoms in total. The van der Waals surface area contributed by atoms with Crippen molar-refractivity contribution in [3.8, 4) is 0 Å². The summed E-state index contributed by atoms with van der Waals surface area (Å²) in [7, 11) is -3.34. The molecule has 1 aromatic heterocycles. The summed E-state index contributed by atoms with van der Waals surface area (Å²) in [6.07, 6.45) is 4.76. The zero-order valence-electron chi connectivity index (χ0n) is 11.8. The van der Waals surface area contributed by atoms with Crippen LogP contribution in [0.25, 0.3) is 0 Å². The number of benzene rings is 1. The molecule has 0 fully saturated rings. The summed E-state index contributed by atoms with van der Waals surface area (Å²) in [5.74, 6) is 0.923. The Morgan fingerprint density at radius 2 is 2.14 bits per heavy atom. The van der Waals surface area contributed by atoms with E-state index in [1.54, 1.807) is 24.4 Å². The largest absolute Gasteiger partial charge is 0.378 e. The number of rotatable bonds is 6. The van der Waals surface area contributed by atoms with E-state index >= 15 is 0 Å². The molecule has 0 amide bonds. The molecule has 0 aliphatic heterocycles. The van der Waals surface area contributed by atoms with Gasteiger partial charge in [-0.1, -0.05) is 11.6 Å². The molecule has 0 spiro atoms. The maximum absolute atomic E-state index is 11.2. The minimum Gasteiger partial charge on any atom is -0.378 e. The fourth-order valence-electron chi connectivity index (χ4n) is 1.88. The topological polar surface area (TPSA) is 76.0 Å². The number of anilines is 2. The van der Waals surface area contributed by atoms with Crippen LogP contribution in [0.1, 0.15) is 12.7 Å². The second-order valence-corrected chi connectivity index (χ2v) is 6.71. The average Bonchev–Trinajstić information content (AvgIpc) is 2.85. The maximum atomic E-state index is 11.2. The predicted molar refractivity (Wildman–Crippen MR) is 85.1 cm³/mol. The van der Waals surface area contributed by atoms with Gasteiger partial charge in [-0.3, -0.25) is 4.72 Å². The Kier molecular flexibility index (Phi) is 4.74. The molecule has 21 heavy (non-hydrogen) atoms. The van der Waals surface area contributed by atoms with E-state index < -0.39 is 10.0 Å². The Morgan fingerprint density at radius 1 is 1.38 bits per heavy atom. The molecule has 0 unspecified atom stereocenters. The van der Waals surface area contributed by atoms with Gasteiger partial charge in [0.15, 0.2) is 0 Å². The molecule has 0 radical (unpaired) electrons. The van der Waals surface area contributed by atoms with Crippen molar-refractivity contribution in [2.24, 2.45) is 0 Å².